The van der Waals surface area contributed by atoms with Crippen molar-refractivity contribution >= 4 is 11.3 Å². The van der Waals surface area contributed by atoms with Gasteiger partial charge < -0.3 is 9.67 Å². The van der Waals surface area contributed by atoms with Gasteiger partial charge >= 0.3 is 0 Å². The largest absolute Gasteiger partial charge is 0.380 e. The van der Waals surface area contributed by atoms with Crippen molar-refractivity contribution in [2.45, 2.75) is 19.6 Å². The number of imidazole rings is 1. The normalized spacial score (nSPS) is 12.5. The molecule has 0 unspecified atom stereocenters. The predicted octanol–water partition coefficient (Wildman–Crippen LogP) is 2.78. The summed E-state index contributed by atoms with van der Waals surface area (Å²) < 4.78 is 1.96. The molecule has 0 saturated heterocycles. The van der Waals surface area contributed by atoms with Crippen molar-refractivity contribution in [2.24, 2.45) is 0 Å². The van der Waals surface area contributed by atoms with E-state index in [9.17, 15) is 5.11 Å². The first-order chi connectivity index (χ1) is 9.74. The van der Waals surface area contributed by atoms with Gasteiger partial charge in [0.05, 0.1) is 11.6 Å². The Labute approximate surface area is 121 Å². The first kappa shape index (κ1) is 13.0. The molecule has 2 aromatic heterocycles. The molecule has 20 heavy (non-hydrogen) atoms. The summed E-state index contributed by atoms with van der Waals surface area (Å²) in [6.45, 7) is 2.67. The topological polar surface area (TPSA) is 50.9 Å². The van der Waals surface area contributed by atoms with Crippen molar-refractivity contribution in [3.63, 3.8) is 0 Å². The Morgan fingerprint density at radius 3 is 2.75 bits per heavy atom. The van der Waals surface area contributed by atoms with Crippen LogP contribution in [0.5, 0.6) is 0 Å². The molecule has 2 heterocycles. The molecule has 0 aliphatic rings. The van der Waals surface area contributed by atoms with Gasteiger partial charge in [-0.05, 0) is 12.5 Å². The third-order valence-corrected chi connectivity index (χ3v) is 4.00. The van der Waals surface area contributed by atoms with E-state index in [1.54, 1.807) is 17.5 Å². The van der Waals surface area contributed by atoms with Gasteiger partial charge in [-0.25, -0.2) is 9.97 Å². The van der Waals surface area contributed by atoms with Gasteiger partial charge in [-0.1, -0.05) is 30.3 Å². The van der Waals surface area contributed by atoms with E-state index in [4.69, 9.17) is 0 Å². The summed E-state index contributed by atoms with van der Waals surface area (Å²) in [7, 11) is 0. The number of rotatable bonds is 4. The molecular formula is C15H15N3OS. The van der Waals surface area contributed by atoms with Gasteiger partial charge in [-0.15, -0.1) is 11.3 Å². The van der Waals surface area contributed by atoms with E-state index in [0.717, 1.165) is 15.4 Å². The highest BCUT2D eigenvalue weighted by Crippen LogP contribution is 2.22. The zero-order valence-corrected chi connectivity index (χ0v) is 11.9. The van der Waals surface area contributed by atoms with Crippen LogP contribution in [-0.2, 0) is 6.54 Å². The van der Waals surface area contributed by atoms with Crippen molar-refractivity contribution in [1.82, 2.24) is 14.5 Å². The maximum absolute atomic E-state index is 10.4. The zero-order chi connectivity index (χ0) is 13.9. The second kappa shape index (κ2) is 5.56. The first-order valence-electron chi connectivity index (χ1n) is 6.39. The average molecular weight is 285 g/mol. The third-order valence-electron chi connectivity index (χ3n) is 3.10. The molecule has 1 atom stereocenters. The Bertz CT molecular complexity index is 690. The standard InChI is InChI=1S/C15H15N3OS/c1-11-17-9-13(20-11)10-18-8-7-16-15(18)14(19)12-5-3-2-4-6-12/h2-9,14,19H,10H2,1H3/t14-/m1/s1. The Kier molecular flexibility index (Phi) is 3.62. The Hall–Kier alpha value is -1.98. The fourth-order valence-electron chi connectivity index (χ4n) is 2.13. The molecule has 1 aromatic carbocycles. The van der Waals surface area contributed by atoms with Crippen LogP contribution in [0.3, 0.4) is 0 Å². The van der Waals surface area contributed by atoms with Crippen LogP contribution >= 0.6 is 11.3 Å². The molecule has 3 aromatic rings. The molecule has 3 rings (SSSR count). The minimum absolute atomic E-state index is 0.655. The molecule has 1 N–H and O–H groups in total. The molecule has 0 bridgehead atoms. The smallest absolute Gasteiger partial charge is 0.142 e. The number of nitrogens with zero attached hydrogens (tertiary/aromatic N) is 3. The zero-order valence-electron chi connectivity index (χ0n) is 11.1. The van der Waals surface area contributed by atoms with Crippen LogP contribution in [0.25, 0.3) is 0 Å². The lowest BCUT2D eigenvalue weighted by Crippen LogP contribution is -2.10. The summed E-state index contributed by atoms with van der Waals surface area (Å²) in [6.07, 6.45) is 4.77. The average Bonchev–Trinajstić information content (AvgIpc) is 3.09. The van der Waals surface area contributed by atoms with Gasteiger partial charge in [0.1, 0.15) is 11.9 Å². The Balaban J connectivity index is 1.86. The lowest BCUT2D eigenvalue weighted by atomic mass is 10.1. The highest BCUT2D eigenvalue weighted by molar-refractivity contribution is 7.11. The predicted molar refractivity (Wildman–Crippen MR) is 78.7 cm³/mol. The molecule has 0 amide bonds. The van der Waals surface area contributed by atoms with Crippen LogP contribution in [0.15, 0.2) is 48.9 Å². The highest BCUT2D eigenvalue weighted by Gasteiger charge is 2.16. The van der Waals surface area contributed by atoms with Crippen molar-refractivity contribution < 1.29 is 5.11 Å². The number of aryl methyl sites for hydroxylation is 1. The quantitative estimate of drug-likeness (QED) is 0.802. The van der Waals surface area contributed by atoms with Gasteiger partial charge in [0.2, 0.25) is 0 Å². The lowest BCUT2D eigenvalue weighted by Gasteiger charge is -2.12. The van der Waals surface area contributed by atoms with E-state index in [1.807, 2.05) is 54.2 Å². The molecule has 102 valence electrons. The summed E-state index contributed by atoms with van der Waals surface area (Å²) in [5.41, 5.74) is 0.848. The highest BCUT2D eigenvalue weighted by atomic mass is 32.1. The Morgan fingerprint density at radius 1 is 1.25 bits per heavy atom. The Morgan fingerprint density at radius 2 is 2.05 bits per heavy atom. The molecule has 4 nitrogen and oxygen atoms in total. The second-order valence-corrected chi connectivity index (χ2v) is 5.89. The molecule has 0 fully saturated rings. The lowest BCUT2D eigenvalue weighted by molar-refractivity contribution is 0.205. The SMILES string of the molecule is Cc1ncc(Cn2ccnc2[C@H](O)c2ccccc2)s1. The molecule has 0 saturated carbocycles. The second-order valence-electron chi connectivity index (χ2n) is 4.57. The summed E-state index contributed by atoms with van der Waals surface area (Å²) in [6, 6.07) is 9.57. The number of thiazole rings is 1. The van der Waals surface area contributed by atoms with Crippen molar-refractivity contribution in [2.75, 3.05) is 0 Å². The summed E-state index contributed by atoms with van der Waals surface area (Å²) >= 11 is 1.66. The number of benzene rings is 1. The molecule has 0 aliphatic carbocycles. The molecular weight excluding hydrogens is 270 g/mol. The molecule has 5 heteroatoms. The van der Waals surface area contributed by atoms with E-state index in [2.05, 4.69) is 9.97 Å². The van der Waals surface area contributed by atoms with Gasteiger partial charge in [0.25, 0.3) is 0 Å². The van der Waals surface area contributed by atoms with Crippen molar-refractivity contribution in [1.29, 1.82) is 0 Å². The monoisotopic (exact) mass is 285 g/mol. The molecule has 0 radical (unpaired) electrons. The maximum atomic E-state index is 10.4. The number of hydrogen-bond donors (Lipinski definition) is 1. The number of aliphatic hydroxyl groups is 1. The minimum Gasteiger partial charge on any atom is -0.380 e. The summed E-state index contributed by atoms with van der Waals surface area (Å²) in [4.78, 5) is 9.70. The number of aliphatic hydroxyl groups excluding tert-OH is 1. The number of aromatic nitrogens is 3. The van der Waals surface area contributed by atoms with Gasteiger partial charge in [-0.3, -0.25) is 0 Å². The van der Waals surface area contributed by atoms with Crippen molar-refractivity contribution in [3.05, 3.63) is 70.2 Å². The summed E-state index contributed by atoms with van der Waals surface area (Å²) in [5.74, 6) is 0.655. The van der Waals surface area contributed by atoms with Crippen LogP contribution in [0, 0.1) is 6.92 Å². The molecule has 0 aliphatic heterocycles. The van der Waals surface area contributed by atoms with Crippen LogP contribution in [0.1, 0.15) is 27.4 Å². The van der Waals surface area contributed by atoms with Crippen LogP contribution in [0.2, 0.25) is 0 Å². The minimum atomic E-state index is -0.708. The van der Waals surface area contributed by atoms with Crippen molar-refractivity contribution in [3.8, 4) is 0 Å². The van der Waals surface area contributed by atoms with Crippen LogP contribution in [-0.4, -0.2) is 19.6 Å². The molecule has 0 spiro atoms. The van der Waals surface area contributed by atoms with Crippen LogP contribution in [0.4, 0.5) is 0 Å². The van der Waals surface area contributed by atoms with E-state index in [1.165, 1.54) is 0 Å². The van der Waals surface area contributed by atoms with E-state index >= 15 is 0 Å². The fraction of sp³-hybridized carbons (Fsp3) is 0.200. The van der Waals surface area contributed by atoms with E-state index < -0.39 is 6.10 Å². The van der Waals surface area contributed by atoms with Crippen LogP contribution < -0.4 is 0 Å². The van der Waals surface area contributed by atoms with Gasteiger partial charge in [-0.2, -0.15) is 0 Å². The fourth-order valence-corrected chi connectivity index (χ4v) is 2.93. The maximum Gasteiger partial charge on any atom is 0.142 e. The van der Waals surface area contributed by atoms with E-state index in [-0.39, 0.29) is 0 Å². The first-order valence-corrected chi connectivity index (χ1v) is 7.21. The summed E-state index contributed by atoms with van der Waals surface area (Å²) in [5, 5.41) is 11.5. The number of hydrogen-bond acceptors (Lipinski definition) is 4. The van der Waals surface area contributed by atoms with Gasteiger partial charge in [0, 0.05) is 23.5 Å². The van der Waals surface area contributed by atoms with Gasteiger partial charge in [0.15, 0.2) is 0 Å². The third kappa shape index (κ3) is 2.64. The van der Waals surface area contributed by atoms with E-state index in [0.29, 0.717) is 12.4 Å².